The van der Waals surface area contributed by atoms with E-state index >= 15 is 0 Å². The van der Waals surface area contributed by atoms with Gasteiger partial charge in [-0.1, -0.05) is 6.07 Å². The molecular weight excluding hydrogens is 352 g/mol. The van der Waals surface area contributed by atoms with Gasteiger partial charge in [0.25, 0.3) is 5.91 Å². The van der Waals surface area contributed by atoms with Gasteiger partial charge in [0.1, 0.15) is 0 Å². The van der Waals surface area contributed by atoms with Gasteiger partial charge in [0.2, 0.25) is 10.0 Å². The van der Waals surface area contributed by atoms with Crippen LogP contribution < -0.4 is 5.32 Å². The molecule has 0 aliphatic carbocycles. The van der Waals surface area contributed by atoms with Crippen molar-refractivity contribution < 1.29 is 13.2 Å². The van der Waals surface area contributed by atoms with E-state index in [1.807, 2.05) is 6.07 Å². The Morgan fingerprint density at radius 2 is 1.96 bits per heavy atom. The third-order valence-corrected chi connectivity index (χ3v) is 6.23. The number of benzene rings is 2. The molecule has 0 saturated carbocycles. The number of H-pyrrole nitrogens is 1. The number of anilines is 1. The summed E-state index contributed by atoms with van der Waals surface area (Å²) in [6, 6.07) is 11.2. The van der Waals surface area contributed by atoms with Crippen LogP contribution in [0.3, 0.4) is 0 Å². The molecule has 2 aromatic carbocycles. The molecule has 136 valence electrons. The summed E-state index contributed by atoms with van der Waals surface area (Å²) >= 11 is 0. The number of nitrogens with zero attached hydrogens (tertiary/aromatic N) is 2. The van der Waals surface area contributed by atoms with Crippen molar-refractivity contribution in [2.24, 2.45) is 0 Å². The smallest absolute Gasteiger partial charge is 0.255 e. The number of carbonyl (C=O) groups is 1. The van der Waals surface area contributed by atoms with Crippen molar-refractivity contribution in [1.29, 1.82) is 0 Å². The van der Waals surface area contributed by atoms with E-state index in [2.05, 4.69) is 15.5 Å². The zero-order valence-electron chi connectivity index (χ0n) is 14.7. The lowest BCUT2D eigenvalue weighted by molar-refractivity contribution is 0.102. The van der Waals surface area contributed by atoms with Crippen LogP contribution in [0.2, 0.25) is 0 Å². The van der Waals surface area contributed by atoms with Gasteiger partial charge in [-0.05, 0) is 50.2 Å². The monoisotopic (exact) mass is 372 g/mol. The number of aromatic nitrogens is 2. The Labute approximate surface area is 152 Å². The summed E-state index contributed by atoms with van der Waals surface area (Å²) < 4.78 is 26.5. The number of amides is 1. The number of fused-ring (bicyclic) bond motifs is 1. The van der Waals surface area contributed by atoms with Gasteiger partial charge < -0.3 is 5.32 Å². The minimum atomic E-state index is -3.65. The highest BCUT2D eigenvalue weighted by Gasteiger charge is 2.23. The van der Waals surface area contributed by atoms with Gasteiger partial charge in [0.05, 0.1) is 16.6 Å². The minimum Gasteiger partial charge on any atom is -0.322 e. The summed E-state index contributed by atoms with van der Waals surface area (Å²) in [5.74, 6) is -0.378. The number of carbonyl (C=O) groups excluding carboxylic acids is 1. The minimum absolute atomic E-state index is 0.0895. The van der Waals surface area contributed by atoms with E-state index < -0.39 is 10.0 Å². The topological polar surface area (TPSA) is 95.2 Å². The molecule has 0 unspecified atom stereocenters. The molecule has 3 aromatic rings. The predicted octanol–water partition coefficient (Wildman–Crippen LogP) is 2.84. The van der Waals surface area contributed by atoms with E-state index in [0.29, 0.717) is 5.69 Å². The van der Waals surface area contributed by atoms with Crippen LogP contribution in [0.4, 0.5) is 5.69 Å². The molecule has 1 aromatic heterocycles. The van der Waals surface area contributed by atoms with Gasteiger partial charge in [-0.3, -0.25) is 9.89 Å². The lowest BCUT2D eigenvalue weighted by atomic mass is 10.2. The van der Waals surface area contributed by atoms with Crippen molar-refractivity contribution in [1.82, 2.24) is 14.5 Å². The number of hydrogen-bond donors (Lipinski definition) is 2. The van der Waals surface area contributed by atoms with Crippen LogP contribution in [0.1, 0.15) is 24.2 Å². The fourth-order valence-electron chi connectivity index (χ4n) is 2.47. The maximum atomic E-state index is 12.6. The van der Waals surface area contributed by atoms with E-state index in [4.69, 9.17) is 0 Å². The molecule has 7 nitrogen and oxygen atoms in total. The van der Waals surface area contributed by atoms with Gasteiger partial charge in [-0.15, -0.1) is 0 Å². The lowest BCUT2D eigenvalue weighted by Crippen LogP contribution is -2.33. The Morgan fingerprint density at radius 3 is 2.69 bits per heavy atom. The highest BCUT2D eigenvalue weighted by Crippen LogP contribution is 2.20. The molecule has 0 aliphatic rings. The van der Waals surface area contributed by atoms with Crippen molar-refractivity contribution in [3.8, 4) is 0 Å². The summed E-state index contributed by atoms with van der Waals surface area (Å²) in [7, 11) is -2.13. The largest absolute Gasteiger partial charge is 0.322 e. The fourth-order valence-corrected chi connectivity index (χ4v) is 3.88. The average molecular weight is 372 g/mol. The summed E-state index contributed by atoms with van der Waals surface area (Å²) in [5, 5.41) is 10.4. The SMILES string of the molecule is CC(C)N(C)S(=O)(=O)c1cccc(C(=O)Nc2ccc3[nH]ncc3c2)c1. The Morgan fingerprint density at radius 1 is 1.19 bits per heavy atom. The summed E-state index contributed by atoms with van der Waals surface area (Å²) in [6.45, 7) is 3.58. The van der Waals surface area contributed by atoms with Crippen molar-refractivity contribution in [2.75, 3.05) is 12.4 Å². The quantitative estimate of drug-likeness (QED) is 0.720. The zero-order chi connectivity index (χ0) is 18.9. The molecule has 0 fully saturated rings. The molecule has 0 atom stereocenters. The number of rotatable bonds is 5. The van der Waals surface area contributed by atoms with Gasteiger partial charge in [0, 0.05) is 29.7 Å². The van der Waals surface area contributed by atoms with Crippen molar-refractivity contribution in [3.05, 3.63) is 54.2 Å². The molecule has 2 N–H and O–H groups in total. The lowest BCUT2D eigenvalue weighted by Gasteiger charge is -2.21. The first-order valence-corrected chi connectivity index (χ1v) is 9.55. The average Bonchev–Trinajstić information content (AvgIpc) is 3.08. The molecule has 8 heteroatoms. The molecule has 0 bridgehead atoms. The van der Waals surface area contributed by atoms with Crippen LogP contribution in [0.5, 0.6) is 0 Å². The summed E-state index contributed by atoms with van der Waals surface area (Å²) in [6.07, 6.45) is 1.67. The Kier molecular flexibility index (Phi) is 4.80. The number of aromatic amines is 1. The van der Waals surface area contributed by atoms with E-state index in [9.17, 15) is 13.2 Å². The second kappa shape index (κ2) is 6.89. The molecule has 0 radical (unpaired) electrons. The number of nitrogens with one attached hydrogen (secondary N) is 2. The number of sulfonamides is 1. The molecule has 1 amide bonds. The van der Waals surface area contributed by atoms with Crippen LogP contribution in [0.15, 0.2) is 53.6 Å². The zero-order valence-corrected chi connectivity index (χ0v) is 15.5. The Balaban J connectivity index is 1.86. The maximum Gasteiger partial charge on any atom is 0.255 e. The van der Waals surface area contributed by atoms with E-state index in [0.717, 1.165) is 10.9 Å². The van der Waals surface area contributed by atoms with Gasteiger partial charge >= 0.3 is 0 Å². The molecule has 1 heterocycles. The highest BCUT2D eigenvalue weighted by molar-refractivity contribution is 7.89. The van der Waals surface area contributed by atoms with Crippen molar-refractivity contribution in [3.63, 3.8) is 0 Å². The predicted molar refractivity (Wildman–Crippen MR) is 101 cm³/mol. The summed E-state index contributed by atoms with van der Waals surface area (Å²) in [5.41, 5.74) is 1.75. The fraction of sp³-hybridized carbons (Fsp3) is 0.222. The molecule has 3 rings (SSSR count). The van der Waals surface area contributed by atoms with Crippen LogP contribution in [0, 0.1) is 0 Å². The Hall–Kier alpha value is -2.71. The first-order chi connectivity index (χ1) is 12.3. The standard InChI is InChI=1S/C18H20N4O3S/c1-12(2)22(3)26(24,25)16-6-4-5-13(10-16)18(23)20-15-7-8-17-14(9-15)11-19-21-17/h4-12H,1-3H3,(H,19,21)(H,20,23). The summed E-state index contributed by atoms with van der Waals surface area (Å²) in [4.78, 5) is 12.6. The number of hydrogen-bond acceptors (Lipinski definition) is 4. The van der Waals surface area contributed by atoms with Crippen LogP contribution in [-0.4, -0.2) is 41.9 Å². The van der Waals surface area contributed by atoms with E-state index in [1.54, 1.807) is 44.3 Å². The molecule has 26 heavy (non-hydrogen) atoms. The maximum absolute atomic E-state index is 12.6. The van der Waals surface area contributed by atoms with Crippen molar-refractivity contribution in [2.45, 2.75) is 24.8 Å². The molecular formula is C18H20N4O3S. The van der Waals surface area contributed by atoms with Gasteiger partial charge in [-0.25, -0.2) is 8.42 Å². The van der Waals surface area contributed by atoms with Crippen molar-refractivity contribution >= 4 is 32.5 Å². The molecule has 0 saturated heterocycles. The van der Waals surface area contributed by atoms with Gasteiger partial charge in [0.15, 0.2) is 0 Å². The van der Waals surface area contributed by atoms with Crippen LogP contribution in [0.25, 0.3) is 10.9 Å². The van der Waals surface area contributed by atoms with Crippen LogP contribution in [-0.2, 0) is 10.0 Å². The first-order valence-electron chi connectivity index (χ1n) is 8.11. The first kappa shape index (κ1) is 18.1. The second-order valence-corrected chi connectivity index (χ2v) is 8.27. The molecule has 0 aliphatic heterocycles. The third-order valence-electron chi connectivity index (χ3n) is 4.20. The highest BCUT2D eigenvalue weighted by atomic mass is 32.2. The van der Waals surface area contributed by atoms with E-state index in [-0.39, 0.29) is 22.4 Å². The third kappa shape index (κ3) is 3.47. The van der Waals surface area contributed by atoms with E-state index in [1.165, 1.54) is 23.5 Å². The van der Waals surface area contributed by atoms with Crippen LogP contribution >= 0.6 is 0 Å². The molecule has 0 spiro atoms. The second-order valence-electron chi connectivity index (χ2n) is 6.27. The van der Waals surface area contributed by atoms with Gasteiger partial charge in [-0.2, -0.15) is 9.40 Å². The Bertz CT molecular complexity index is 1060. The normalized spacial score (nSPS) is 12.0.